The highest BCUT2D eigenvalue weighted by Crippen LogP contribution is 2.15. The van der Waals surface area contributed by atoms with Crippen molar-refractivity contribution in [2.75, 3.05) is 0 Å². The van der Waals surface area contributed by atoms with Crippen molar-refractivity contribution in [3.05, 3.63) is 23.8 Å². The smallest absolute Gasteiger partial charge is 0.243 e. The molecule has 0 spiro atoms. The molecule has 132 valence electrons. The van der Waals surface area contributed by atoms with Gasteiger partial charge in [0.25, 0.3) is 0 Å². The van der Waals surface area contributed by atoms with Gasteiger partial charge >= 0.3 is 6.03 Å². The Labute approximate surface area is 143 Å². The number of aryl methyl sites for hydroxylation is 1. The van der Waals surface area contributed by atoms with E-state index < -0.39 is 0 Å². The molecule has 0 radical (unpaired) electrons. The number of nitrogens with zero attached hydrogens (tertiary/aromatic N) is 6. The van der Waals surface area contributed by atoms with Gasteiger partial charge in [-0.3, -0.25) is 0 Å². The second-order valence-electron chi connectivity index (χ2n) is 6.15. The van der Waals surface area contributed by atoms with Gasteiger partial charge in [0.2, 0.25) is 0 Å². The summed E-state index contributed by atoms with van der Waals surface area (Å²) in [6.45, 7) is 4.39. The lowest BCUT2D eigenvalue weighted by atomic mass is 10.1. The first-order valence-electron chi connectivity index (χ1n) is 9.12. The predicted octanol–water partition coefficient (Wildman–Crippen LogP) is 3.63. The number of unbranched alkanes of at least 4 members (excludes halogenated alkanes) is 6. The van der Waals surface area contributed by atoms with Crippen molar-refractivity contribution in [2.45, 2.75) is 78.1 Å². The summed E-state index contributed by atoms with van der Waals surface area (Å²) in [4.78, 5) is 12.5. The highest BCUT2D eigenvalue weighted by molar-refractivity contribution is 5.77. The van der Waals surface area contributed by atoms with Crippen LogP contribution in [0.2, 0.25) is 0 Å². The minimum absolute atomic E-state index is 0.315. The molecule has 0 saturated heterocycles. The van der Waals surface area contributed by atoms with Crippen molar-refractivity contribution in [1.29, 1.82) is 0 Å². The average Bonchev–Trinajstić information content (AvgIpc) is 3.25. The Morgan fingerprint density at radius 3 is 2.29 bits per heavy atom. The molecule has 2 rings (SSSR count). The van der Waals surface area contributed by atoms with Crippen LogP contribution in [-0.2, 0) is 12.8 Å². The quantitative estimate of drug-likeness (QED) is 0.621. The number of hydrogen-bond acceptors (Lipinski definition) is 5. The molecule has 0 bridgehead atoms. The van der Waals surface area contributed by atoms with Crippen molar-refractivity contribution >= 4 is 6.03 Å². The minimum Gasteiger partial charge on any atom is -0.243 e. The Bertz CT molecular complexity index is 605. The van der Waals surface area contributed by atoms with Crippen LogP contribution in [0.4, 0.5) is 4.79 Å². The lowest BCUT2D eigenvalue weighted by molar-refractivity contribution is 0.236. The van der Waals surface area contributed by atoms with E-state index in [0.29, 0.717) is 0 Å². The van der Waals surface area contributed by atoms with Crippen LogP contribution in [0, 0.1) is 0 Å². The first kappa shape index (κ1) is 18.3. The van der Waals surface area contributed by atoms with Crippen LogP contribution in [-0.4, -0.2) is 36.0 Å². The zero-order valence-corrected chi connectivity index (χ0v) is 14.8. The summed E-state index contributed by atoms with van der Waals surface area (Å²) in [5, 5.41) is 15.8. The number of carbonyl (C=O) groups is 1. The van der Waals surface area contributed by atoms with Crippen LogP contribution in [0.15, 0.2) is 12.4 Å². The second-order valence-corrected chi connectivity index (χ2v) is 6.15. The Balaban J connectivity index is 2.09. The van der Waals surface area contributed by atoms with E-state index in [-0.39, 0.29) is 6.03 Å². The molecule has 24 heavy (non-hydrogen) atoms. The maximum atomic E-state index is 12.5. The molecule has 2 heterocycles. The van der Waals surface area contributed by atoms with Crippen LogP contribution >= 0.6 is 0 Å². The number of rotatable bonds is 10. The maximum absolute atomic E-state index is 12.5. The molecule has 2 aromatic rings. The molecule has 0 aliphatic carbocycles. The van der Waals surface area contributed by atoms with Gasteiger partial charge in [-0.05, 0) is 25.7 Å². The predicted molar refractivity (Wildman–Crippen MR) is 91.9 cm³/mol. The lowest BCUT2D eigenvalue weighted by Crippen LogP contribution is -2.23. The van der Waals surface area contributed by atoms with Gasteiger partial charge in [-0.1, -0.05) is 62.8 Å². The van der Waals surface area contributed by atoms with E-state index in [0.717, 1.165) is 43.5 Å². The third-order valence-corrected chi connectivity index (χ3v) is 4.18. The zero-order chi connectivity index (χ0) is 17.2. The van der Waals surface area contributed by atoms with Crippen LogP contribution in [0.5, 0.6) is 0 Å². The minimum atomic E-state index is -0.315. The monoisotopic (exact) mass is 332 g/mol. The van der Waals surface area contributed by atoms with Crippen molar-refractivity contribution in [1.82, 2.24) is 30.0 Å². The topological polar surface area (TPSA) is 78.5 Å². The summed E-state index contributed by atoms with van der Waals surface area (Å²) in [6, 6.07) is -0.315. The standard InChI is InChI=1S/C17H28N6O/c1-3-5-7-9-11-15-16(12-10-8-6-4-2)23(21-19-15)17(24)22-14-13-18-20-22/h13-14H,3-12H2,1-2H3. The molecule has 0 amide bonds. The third kappa shape index (κ3) is 4.97. The molecule has 0 fully saturated rings. The number of aromatic nitrogens is 6. The Kier molecular flexibility index (Phi) is 7.58. The van der Waals surface area contributed by atoms with Gasteiger partial charge in [0, 0.05) is 0 Å². The molecule has 0 atom stereocenters. The third-order valence-electron chi connectivity index (χ3n) is 4.18. The molecule has 0 N–H and O–H groups in total. The Hall–Kier alpha value is -2.05. The summed E-state index contributed by atoms with van der Waals surface area (Å²) in [7, 11) is 0. The van der Waals surface area contributed by atoms with Crippen molar-refractivity contribution in [2.24, 2.45) is 0 Å². The van der Waals surface area contributed by atoms with E-state index in [4.69, 9.17) is 0 Å². The molecule has 7 heteroatoms. The van der Waals surface area contributed by atoms with Gasteiger partial charge < -0.3 is 0 Å². The number of hydrogen-bond donors (Lipinski definition) is 0. The Morgan fingerprint density at radius 2 is 1.67 bits per heavy atom. The fourth-order valence-electron chi connectivity index (χ4n) is 2.78. The fourth-order valence-corrected chi connectivity index (χ4v) is 2.78. The summed E-state index contributed by atoms with van der Waals surface area (Å²) in [5.74, 6) is 0. The summed E-state index contributed by atoms with van der Waals surface area (Å²) in [6.07, 6.45) is 14.1. The van der Waals surface area contributed by atoms with Crippen molar-refractivity contribution in [3.63, 3.8) is 0 Å². The van der Waals surface area contributed by atoms with Gasteiger partial charge in [0.05, 0.1) is 23.8 Å². The van der Waals surface area contributed by atoms with E-state index in [9.17, 15) is 4.79 Å². The van der Waals surface area contributed by atoms with Gasteiger partial charge in [0.1, 0.15) is 0 Å². The van der Waals surface area contributed by atoms with Crippen molar-refractivity contribution < 1.29 is 4.79 Å². The van der Waals surface area contributed by atoms with Crippen LogP contribution in [0.25, 0.3) is 0 Å². The fraction of sp³-hybridized carbons (Fsp3) is 0.706. The van der Waals surface area contributed by atoms with Crippen LogP contribution in [0.1, 0.15) is 76.6 Å². The normalized spacial score (nSPS) is 11.1. The molecular formula is C17H28N6O. The van der Waals surface area contributed by atoms with Crippen LogP contribution < -0.4 is 0 Å². The lowest BCUT2D eigenvalue weighted by Gasteiger charge is -2.07. The number of carbonyl (C=O) groups excluding carboxylic acids is 1. The zero-order valence-electron chi connectivity index (χ0n) is 14.8. The van der Waals surface area contributed by atoms with Gasteiger partial charge in [-0.25, -0.2) is 4.79 Å². The summed E-state index contributed by atoms with van der Waals surface area (Å²) >= 11 is 0. The molecule has 0 aliphatic heterocycles. The molecule has 0 aromatic carbocycles. The Morgan fingerprint density at radius 1 is 0.958 bits per heavy atom. The summed E-state index contributed by atoms with van der Waals surface area (Å²) in [5.41, 5.74) is 1.89. The largest absolute Gasteiger partial charge is 0.372 e. The van der Waals surface area contributed by atoms with Crippen molar-refractivity contribution in [3.8, 4) is 0 Å². The van der Waals surface area contributed by atoms with Gasteiger partial charge in [0.15, 0.2) is 0 Å². The van der Waals surface area contributed by atoms with E-state index >= 15 is 0 Å². The average molecular weight is 332 g/mol. The molecule has 7 nitrogen and oxygen atoms in total. The summed E-state index contributed by atoms with van der Waals surface area (Å²) < 4.78 is 2.60. The highest BCUT2D eigenvalue weighted by Gasteiger charge is 2.19. The molecule has 0 unspecified atom stereocenters. The van der Waals surface area contributed by atoms with Crippen LogP contribution in [0.3, 0.4) is 0 Å². The van der Waals surface area contributed by atoms with E-state index in [1.165, 1.54) is 53.9 Å². The van der Waals surface area contributed by atoms with E-state index in [1.54, 1.807) is 0 Å². The van der Waals surface area contributed by atoms with Gasteiger partial charge in [-0.2, -0.15) is 9.36 Å². The van der Waals surface area contributed by atoms with E-state index in [2.05, 4.69) is 34.5 Å². The molecule has 0 aliphatic rings. The van der Waals surface area contributed by atoms with Gasteiger partial charge in [-0.15, -0.1) is 10.2 Å². The van der Waals surface area contributed by atoms with E-state index in [1.807, 2.05) is 0 Å². The molecule has 0 saturated carbocycles. The molecular weight excluding hydrogens is 304 g/mol. The highest BCUT2D eigenvalue weighted by atomic mass is 16.2. The first-order valence-corrected chi connectivity index (χ1v) is 9.12. The molecule has 2 aromatic heterocycles. The SMILES string of the molecule is CCCCCCc1nnn(C(=O)n2ccnn2)c1CCCCCC. The first-order chi connectivity index (χ1) is 11.8. The maximum Gasteiger partial charge on any atom is 0.372 e. The second kappa shape index (κ2) is 9.95.